The first-order valence-electron chi connectivity index (χ1n) is 13.3. The number of fused-ring (bicyclic) bond motifs is 3. The Morgan fingerprint density at radius 1 is 1.00 bits per heavy atom. The number of aromatic nitrogens is 4. The van der Waals surface area contributed by atoms with Gasteiger partial charge in [0.1, 0.15) is 22.8 Å². The Kier molecular flexibility index (Phi) is 6.07. The van der Waals surface area contributed by atoms with Crippen molar-refractivity contribution < 1.29 is 19.3 Å². The minimum absolute atomic E-state index is 0.0815. The van der Waals surface area contributed by atoms with Crippen molar-refractivity contribution in [2.75, 3.05) is 33.2 Å². The van der Waals surface area contributed by atoms with Crippen LogP contribution in [0.25, 0.3) is 16.6 Å². The maximum Gasteiger partial charge on any atom is 0.226 e. The molecular weight excluding hydrogens is 496 g/mol. The Morgan fingerprint density at radius 2 is 1.77 bits per heavy atom. The second kappa shape index (κ2) is 9.24. The highest BCUT2D eigenvalue weighted by molar-refractivity contribution is 5.95. The Labute approximate surface area is 227 Å². The van der Waals surface area contributed by atoms with Gasteiger partial charge in [-0.3, -0.25) is 0 Å². The molecule has 39 heavy (non-hydrogen) atoms. The van der Waals surface area contributed by atoms with Gasteiger partial charge in [0.2, 0.25) is 5.95 Å². The van der Waals surface area contributed by atoms with Gasteiger partial charge < -0.3 is 30.0 Å². The fraction of sp³-hybridized carbons (Fsp3) is 0.483. The molecule has 206 valence electrons. The Morgan fingerprint density at radius 3 is 2.46 bits per heavy atom. The van der Waals surface area contributed by atoms with Crippen LogP contribution in [0.15, 0.2) is 36.4 Å². The number of nitrogens with zero attached hydrogens (tertiary/aromatic N) is 4. The molecule has 0 aliphatic heterocycles. The molecule has 10 nitrogen and oxygen atoms in total. The number of nitrogens with one attached hydrogen (secondary N) is 2. The summed E-state index contributed by atoms with van der Waals surface area (Å²) in [6.45, 7) is 5.11. The van der Waals surface area contributed by atoms with Crippen LogP contribution >= 0.6 is 0 Å². The van der Waals surface area contributed by atoms with Crippen molar-refractivity contribution in [3.8, 4) is 17.2 Å². The maximum atomic E-state index is 10.5. The standard InChI is InChI=1S/C29H36N6O4/c1-27(2,36)28-15-29(16-28,17-28)31-12-11-23-32-25-20-7-6-8-21(38-4)24(20)33-26(35(25)34-23)30-14-18-9-10-19(37-3)13-22(18)39-5/h6-10,13,31,36H,11-12,14-17H2,1-5H3,(H,30,33). The summed E-state index contributed by atoms with van der Waals surface area (Å²) in [5.41, 5.74) is 2.03. The summed E-state index contributed by atoms with van der Waals surface area (Å²) in [4.78, 5) is 9.80. The summed E-state index contributed by atoms with van der Waals surface area (Å²) in [6.07, 6.45) is 3.77. The lowest BCUT2D eigenvalue weighted by Crippen LogP contribution is -2.79. The smallest absolute Gasteiger partial charge is 0.226 e. The minimum atomic E-state index is -0.617. The molecule has 0 amide bonds. The van der Waals surface area contributed by atoms with Crippen LogP contribution < -0.4 is 24.8 Å². The van der Waals surface area contributed by atoms with Crippen LogP contribution in [0, 0.1) is 5.41 Å². The van der Waals surface area contributed by atoms with Gasteiger partial charge in [-0.05, 0) is 57.4 Å². The second-order valence-corrected chi connectivity index (χ2v) is 11.4. The van der Waals surface area contributed by atoms with Gasteiger partial charge in [0.05, 0.1) is 26.9 Å². The summed E-state index contributed by atoms with van der Waals surface area (Å²) in [7, 11) is 4.92. The third-order valence-electron chi connectivity index (χ3n) is 8.64. The quantitative estimate of drug-likeness (QED) is 0.266. The molecule has 2 aromatic carbocycles. The fourth-order valence-electron chi connectivity index (χ4n) is 6.27. The van der Waals surface area contributed by atoms with E-state index < -0.39 is 5.60 Å². The van der Waals surface area contributed by atoms with Gasteiger partial charge in [-0.15, -0.1) is 5.10 Å². The van der Waals surface area contributed by atoms with Gasteiger partial charge in [0, 0.05) is 47.5 Å². The van der Waals surface area contributed by atoms with Crippen molar-refractivity contribution >= 4 is 22.5 Å². The molecule has 0 atom stereocenters. The molecule has 0 saturated heterocycles. The first-order chi connectivity index (χ1) is 18.7. The normalized spacial score (nSPS) is 21.9. The molecule has 0 unspecified atom stereocenters. The lowest BCUT2D eigenvalue weighted by atomic mass is 9.35. The molecule has 3 N–H and O–H groups in total. The molecule has 2 bridgehead atoms. The van der Waals surface area contributed by atoms with Crippen molar-refractivity contribution in [1.82, 2.24) is 24.9 Å². The molecule has 0 radical (unpaired) electrons. The lowest BCUT2D eigenvalue weighted by Gasteiger charge is -2.75. The van der Waals surface area contributed by atoms with Gasteiger partial charge in [0.25, 0.3) is 0 Å². The minimum Gasteiger partial charge on any atom is -0.497 e. The molecule has 0 spiro atoms. The number of hydrogen-bond donors (Lipinski definition) is 3. The van der Waals surface area contributed by atoms with E-state index in [1.807, 2.05) is 50.2 Å². The van der Waals surface area contributed by atoms with Crippen LogP contribution in [0.4, 0.5) is 5.95 Å². The van der Waals surface area contributed by atoms with Crippen molar-refractivity contribution in [3.63, 3.8) is 0 Å². The van der Waals surface area contributed by atoms with E-state index in [0.29, 0.717) is 24.7 Å². The van der Waals surface area contributed by atoms with E-state index in [1.54, 1.807) is 25.8 Å². The summed E-state index contributed by atoms with van der Waals surface area (Å²) in [5.74, 6) is 3.44. The fourth-order valence-corrected chi connectivity index (χ4v) is 6.27. The highest BCUT2D eigenvalue weighted by Gasteiger charge is 2.72. The number of aliphatic hydroxyl groups is 1. The number of hydrogen-bond acceptors (Lipinski definition) is 9. The van der Waals surface area contributed by atoms with Crippen LogP contribution in [0.5, 0.6) is 17.2 Å². The molecule has 7 rings (SSSR count). The number of rotatable bonds is 11. The highest BCUT2D eigenvalue weighted by atomic mass is 16.5. The molecule has 2 aromatic heterocycles. The van der Waals surface area contributed by atoms with E-state index in [-0.39, 0.29) is 11.0 Å². The molecule has 10 heteroatoms. The van der Waals surface area contributed by atoms with Gasteiger partial charge in [0.15, 0.2) is 11.5 Å². The van der Waals surface area contributed by atoms with Crippen molar-refractivity contribution in [1.29, 1.82) is 0 Å². The monoisotopic (exact) mass is 532 g/mol. The second-order valence-electron chi connectivity index (χ2n) is 11.4. The van der Waals surface area contributed by atoms with E-state index in [0.717, 1.165) is 65.2 Å². The van der Waals surface area contributed by atoms with Crippen LogP contribution in [0.3, 0.4) is 0 Å². The lowest BCUT2D eigenvalue weighted by molar-refractivity contribution is -0.251. The number of anilines is 1. The predicted octanol–water partition coefficient (Wildman–Crippen LogP) is 3.74. The van der Waals surface area contributed by atoms with Gasteiger partial charge >= 0.3 is 0 Å². The molecule has 3 saturated carbocycles. The Bertz CT molecular complexity index is 1520. The SMILES string of the molecule is COc1ccc(CNc2nc3c(OC)cccc3c3nc(CCNC45CC(C(C)(C)O)(C4)C5)nn23)c(OC)c1. The number of para-hydroxylation sites is 1. The van der Waals surface area contributed by atoms with Crippen molar-refractivity contribution in [2.45, 2.75) is 57.2 Å². The van der Waals surface area contributed by atoms with Crippen molar-refractivity contribution in [2.24, 2.45) is 5.41 Å². The van der Waals surface area contributed by atoms with E-state index in [1.165, 1.54) is 0 Å². The van der Waals surface area contributed by atoms with Crippen molar-refractivity contribution in [3.05, 3.63) is 47.8 Å². The first kappa shape index (κ1) is 25.6. The van der Waals surface area contributed by atoms with Crippen LogP contribution in [0.2, 0.25) is 0 Å². The van der Waals surface area contributed by atoms with Gasteiger partial charge in [-0.1, -0.05) is 6.07 Å². The molecule has 4 aromatic rings. The summed E-state index contributed by atoms with van der Waals surface area (Å²) < 4.78 is 18.3. The topological polar surface area (TPSA) is 115 Å². The Balaban J connectivity index is 1.25. The highest BCUT2D eigenvalue weighted by Crippen LogP contribution is 2.71. The van der Waals surface area contributed by atoms with E-state index in [2.05, 4.69) is 10.6 Å². The largest absolute Gasteiger partial charge is 0.497 e. The van der Waals surface area contributed by atoms with E-state index in [9.17, 15) is 5.11 Å². The average Bonchev–Trinajstić information content (AvgIpc) is 3.31. The van der Waals surface area contributed by atoms with Gasteiger partial charge in [-0.25, -0.2) is 9.97 Å². The number of ether oxygens (including phenoxy) is 3. The third kappa shape index (κ3) is 4.22. The summed E-state index contributed by atoms with van der Waals surface area (Å²) >= 11 is 0. The van der Waals surface area contributed by atoms with Crippen LogP contribution in [0.1, 0.15) is 44.5 Å². The summed E-state index contributed by atoms with van der Waals surface area (Å²) in [5, 5.41) is 23.3. The third-order valence-corrected chi connectivity index (χ3v) is 8.64. The Hall–Kier alpha value is -3.63. The molecule has 3 aliphatic rings. The maximum absolute atomic E-state index is 10.5. The summed E-state index contributed by atoms with van der Waals surface area (Å²) in [6, 6.07) is 11.6. The molecular formula is C29H36N6O4. The van der Waals surface area contributed by atoms with E-state index >= 15 is 0 Å². The zero-order valence-corrected chi connectivity index (χ0v) is 23.2. The first-order valence-corrected chi connectivity index (χ1v) is 13.3. The van der Waals surface area contributed by atoms with Gasteiger partial charge in [-0.2, -0.15) is 4.52 Å². The average molecular weight is 533 g/mol. The molecule has 3 aliphatic carbocycles. The van der Waals surface area contributed by atoms with Crippen LogP contribution in [-0.4, -0.2) is 63.7 Å². The predicted molar refractivity (Wildman–Crippen MR) is 149 cm³/mol. The number of methoxy groups -OCH3 is 3. The molecule has 2 heterocycles. The van der Waals surface area contributed by atoms with E-state index in [4.69, 9.17) is 29.3 Å². The zero-order valence-electron chi connectivity index (χ0n) is 23.2. The van der Waals surface area contributed by atoms with Crippen LogP contribution in [-0.2, 0) is 13.0 Å². The zero-order chi connectivity index (χ0) is 27.4. The molecule has 3 fully saturated rings. The number of benzene rings is 2.